The number of H-pyrrole nitrogens is 1. The summed E-state index contributed by atoms with van der Waals surface area (Å²) in [5, 5.41) is 14.5. The number of pyridine rings is 2. The average molecular weight is 628 g/mol. The van der Waals surface area contributed by atoms with Gasteiger partial charge in [-0.25, -0.2) is 9.78 Å². The van der Waals surface area contributed by atoms with Crippen LogP contribution in [0.2, 0.25) is 0 Å². The molecule has 1 amide bonds. The van der Waals surface area contributed by atoms with Crippen LogP contribution in [-0.4, -0.2) is 76.1 Å². The molecular weight excluding hydrogens is 591 g/mol. The zero-order chi connectivity index (χ0) is 32.2. The van der Waals surface area contributed by atoms with Crippen molar-refractivity contribution in [2.45, 2.75) is 45.2 Å². The lowest BCUT2D eigenvalue weighted by Gasteiger charge is -2.26. The smallest absolute Gasteiger partial charge is 0.416 e. The molecular formula is C32H36F3N5O5. The molecule has 13 heteroatoms. The number of hydrogen-bond donors (Lipinski definition) is 3. The van der Waals surface area contributed by atoms with Crippen molar-refractivity contribution in [2.24, 2.45) is 0 Å². The number of rotatable bonds is 9. The van der Waals surface area contributed by atoms with Crippen LogP contribution < -0.4 is 10.1 Å². The second kappa shape index (κ2) is 13.4. The van der Waals surface area contributed by atoms with Crippen LogP contribution in [-0.2, 0) is 22.2 Å². The summed E-state index contributed by atoms with van der Waals surface area (Å²) in [6.07, 6.45) is -1.67. The van der Waals surface area contributed by atoms with Gasteiger partial charge in [0.25, 0.3) is 0 Å². The van der Waals surface area contributed by atoms with E-state index in [4.69, 9.17) is 14.2 Å². The van der Waals surface area contributed by atoms with Gasteiger partial charge in [-0.05, 0) is 50.6 Å². The van der Waals surface area contributed by atoms with Crippen molar-refractivity contribution in [3.63, 3.8) is 0 Å². The number of hydrogen-bond acceptors (Lipinski definition) is 8. The number of carbonyl (C=O) groups is 1. The number of ether oxygens (including phenoxy) is 3. The molecule has 0 radical (unpaired) electrons. The van der Waals surface area contributed by atoms with E-state index in [1.54, 1.807) is 39.2 Å². The first-order valence-corrected chi connectivity index (χ1v) is 14.6. The van der Waals surface area contributed by atoms with Crippen LogP contribution in [0.5, 0.6) is 5.75 Å². The molecule has 240 valence electrons. The maximum absolute atomic E-state index is 13.6. The summed E-state index contributed by atoms with van der Waals surface area (Å²) < 4.78 is 57.3. The van der Waals surface area contributed by atoms with E-state index in [9.17, 15) is 23.1 Å². The molecule has 1 unspecified atom stereocenters. The summed E-state index contributed by atoms with van der Waals surface area (Å²) in [4.78, 5) is 26.3. The van der Waals surface area contributed by atoms with Gasteiger partial charge in [0.2, 0.25) is 0 Å². The summed E-state index contributed by atoms with van der Waals surface area (Å²) in [5.74, 6) is 0.564. The highest BCUT2D eigenvalue weighted by Gasteiger charge is 2.31. The molecule has 1 aromatic carbocycles. The quantitative estimate of drug-likeness (QED) is 0.224. The number of carbonyl (C=O) groups excluding carboxylic acids is 1. The lowest BCUT2D eigenvalue weighted by Crippen LogP contribution is -2.38. The molecule has 1 atom stereocenters. The van der Waals surface area contributed by atoms with Gasteiger partial charge in [-0.3, -0.25) is 9.88 Å². The van der Waals surface area contributed by atoms with Gasteiger partial charge in [0.15, 0.2) is 0 Å². The number of aliphatic hydroxyl groups excluding tert-OH is 1. The molecule has 1 aliphatic rings. The zero-order valence-corrected chi connectivity index (χ0v) is 25.3. The summed E-state index contributed by atoms with van der Waals surface area (Å²) in [5.41, 5.74) is 0.818. The van der Waals surface area contributed by atoms with Gasteiger partial charge in [0, 0.05) is 60.6 Å². The van der Waals surface area contributed by atoms with Crippen molar-refractivity contribution in [2.75, 3.05) is 39.5 Å². The van der Waals surface area contributed by atoms with Crippen LogP contribution in [0.4, 0.5) is 18.0 Å². The minimum Gasteiger partial charge on any atom is -0.491 e. The molecule has 45 heavy (non-hydrogen) atoms. The fourth-order valence-corrected chi connectivity index (χ4v) is 4.96. The number of alkyl halides is 3. The highest BCUT2D eigenvalue weighted by atomic mass is 19.4. The minimum atomic E-state index is -4.57. The first-order valence-electron chi connectivity index (χ1n) is 14.6. The minimum absolute atomic E-state index is 0.0758. The Labute approximate surface area is 258 Å². The molecule has 0 spiro atoms. The van der Waals surface area contributed by atoms with Crippen molar-refractivity contribution in [3.8, 4) is 17.0 Å². The monoisotopic (exact) mass is 627 g/mol. The Balaban J connectivity index is 1.33. The Morgan fingerprint density at radius 1 is 1.11 bits per heavy atom. The van der Waals surface area contributed by atoms with Gasteiger partial charge < -0.3 is 29.6 Å². The number of amides is 1. The lowest BCUT2D eigenvalue weighted by molar-refractivity contribution is -0.137. The number of alkyl carbamates (subject to hydrolysis) is 1. The Hall–Kier alpha value is -4.20. The summed E-state index contributed by atoms with van der Waals surface area (Å²) in [6, 6.07) is 8.21. The van der Waals surface area contributed by atoms with E-state index in [-0.39, 0.29) is 17.8 Å². The van der Waals surface area contributed by atoms with Gasteiger partial charge in [0.05, 0.1) is 30.7 Å². The normalized spacial score (nSPS) is 15.2. The van der Waals surface area contributed by atoms with Gasteiger partial charge in [-0.2, -0.15) is 13.2 Å². The second-order valence-electron chi connectivity index (χ2n) is 11.7. The molecule has 0 saturated carbocycles. The number of aromatic nitrogens is 3. The van der Waals surface area contributed by atoms with E-state index in [0.717, 1.165) is 31.8 Å². The fourth-order valence-electron chi connectivity index (χ4n) is 4.96. The van der Waals surface area contributed by atoms with Crippen LogP contribution in [0.25, 0.3) is 22.3 Å². The van der Waals surface area contributed by atoms with Gasteiger partial charge >= 0.3 is 12.3 Å². The predicted molar refractivity (Wildman–Crippen MR) is 161 cm³/mol. The molecule has 4 aromatic rings. The van der Waals surface area contributed by atoms with Gasteiger partial charge in [-0.1, -0.05) is 12.1 Å². The van der Waals surface area contributed by atoms with Crippen LogP contribution in [0.1, 0.15) is 49.1 Å². The van der Waals surface area contributed by atoms with E-state index < -0.39 is 29.5 Å². The van der Waals surface area contributed by atoms with E-state index in [1.165, 1.54) is 18.3 Å². The van der Waals surface area contributed by atoms with E-state index in [1.807, 2.05) is 6.07 Å². The molecule has 1 fully saturated rings. The van der Waals surface area contributed by atoms with Crippen LogP contribution in [0.15, 0.2) is 55.0 Å². The number of halogens is 3. The summed E-state index contributed by atoms with van der Waals surface area (Å²) >= 11 is 0. The molecule has 0 aliphatic carbocycles. The van der Waals surface area contributed by atoms with E-state index >= 15 is 0 Å². The second-order valence-corrected chi connectivity index (χ2v) is 11.7. The van der Waals surface area contributed by atoms with Crippen LogP contribution >= 0.6 is 0 Å². The highest BCUT2D eigenvalue weighted by Crippen LogP contribution is 2.35. The lowest BCUT2D eigenvalue weighted by atomic mass is 9.98. The Morgan fingerprint density at radius 2 is 1.89 bits per heavy atom. The summed E-state index contributed by atoms with van der Waals surface area (Å²) in [7, 11) is 0. The number of benzene rings is 1. The third kappa shape index (κ3) is 8.29. The third-order valence-electron chi connectivity index (χ3n) is 7.25. The predicted octanol–water partition coefficient (Wildman–Crippen LogP) is 5.46. The van der Waals surface area contributed by atoms with Gasteiger partial charge in [-0.15, -0.1) is 0 Å². The molecule has 5 rings (SSSR count). The highest BCUT2D eigenvalue weighted by molar-refractivity contribution is 5.82. The molecule has 1 saturated heterocycles. The first kappa shape index (κ1) is 32.2. The van der Waals surface area contributed by atoms with Crippen molar-refractivity contribution >= 4 is 17.1 Å². The number of aromatic amines is 1. The van der Waals surface area contributed by atoms with E-state index in [2.05, 4.69) is 25.2 Å². The zero-order valence-electron chi connectivity index (χ0n) is 25.3. The largest absolute Gasteiger partial charge is 0.491 e. The Morgan fingerprint density at radius 3 is 2.58 bits per heavy atom. The fraction of sp³-hybridized carbons (Fsp3) is 0.406. The molecule has 10 nitrogen and oxygen atoms in total. The number of aliphatic hydroxyl groups is 1. The maximum atomic E-state index is 13.6. The number of morpholine rings is 1. The number of nitrogens with one attached hydrogen (secondary N) is 2. The maximum Gasteiger partial charge on any atom is 0.416 e. The molecule has 3 aromatic heterocycles. The SMILES string of the molecule is CC(C)(C)OC(=O)NCc1ccc(C(F)(F)F)cc1-c1ccc(C(O)c2c[nH]c3ncc(OCCN4CCOCC4)cc23)cn1. The number of fused-ring (bicyclic) bond motifs is 1. The van der Waals surface area contributed by atoms with Crippen LogP contribution in [0.3, 0.4) is 0 Å². The topological polar surface area (TPSA) is 122 Å². The molecule has 0 bridgehead atoms. The molecule has 4 heterocycles. The van der Waals surface area contributed by atoms with Crippen molar-refractivity contribution in [1.82, 2.24) is 25.2 Å². The van der Waals surface area contributed by atoms with Crippen LogP contribution in [0, 0.1) is 0 Å². The standard InChI is InChI=1S/C32H36F3N5O5/c1-31(2,3)45-30(42)39-16-20-4-6-22(32(33,34)35)14-24(20)27-7-5-21(17-36-27)28(41)26-19-38-29-25(26)15-23(18-37-29)44-13-10-40-8-11-43-12-9-40/h4-7,14-15,17-19,28,41H,8-13,16H2,1-3H3,(H,37,38)(H,39,42). The average Bonchev–Trinajstić information content (AvgIpc) is 3.42. The van der Waals surface area contributed by atoms with Crippen molar-refractivity contribution in [1.29, 1.82) is 0 Å². The number of nitrogens with zero attached hydrogens (tertiary/aromatic N) is 3. The third-order valence-corrected chi connectivity index (χ3v) is 7.25. The summed E-state index contributed by atoms with van der Waals surface area (Å²) in [6.45, 7) is 9.43. The Bertz CT molecular complexity index is 1610. The van der Waals surface area contributed by atoms with E-state index in [0.29, 0.717) is 53.3 Å². The van der Waals surface area contributed by atoms with Gasteiger partial charge in [0.1, 0.15) is 29.7 Å². The molecule has 3 N–H and O–H groups in total. The Kier molecular flexibility index (Phi) is 9.61. The van der Waals surface area contributed by atoms with Crippen molar-refractivity contribution < 1.29 is 37.3 Å². The first-order chi connectivity index (χ1) is 21.4. The molecule has 1 aliphatic heterocycles. The van der Waals surface area contributed by atoms with Crippen molar-refractivity contribution in [3.05, 3.63) is 77.2 Å².